The Morgan fingerprint density at radius 2 is 1.79 bits per heavy atom. The Morgan fingerprint density at radius 3 is 2.35 bits per heavy atom. The second kappa shape index (κ2) is 14.5. The molecule has 0 bridgehead atoms. The highest BCUT2D eigenvalue weighted by Gasteiger charge is 2.38. The maximum absolute atomic E-state index is 13.1. The molecule has 9 N–H and O–H groups in total. The molecule has 1 aliphatic heterocycles. The largest absolute Gasteiger partial charge is 0.480 e. The van der Waals surface area contributed by atoms with Crippen molar-refractivity contribution in [2.24, 2.45) is 23.1 Å². The molecule has 5 unspecified atom stereocenters. The summed E-state index contributed by atoms with van der Waals surface area (Å²) in [6.07, 6.45) is 3.19. The van der Waals surface area contributed by atoms with E-state index < -0.39 is 47.9 Å². The third-order valence-corrected chi connectivity index (χ3v) is 6.21. The van der Waals surface area contributed by atoms with Crippen LogP contribution in [0.3, 0.4) is 0 Å². The lowest BCUT2D eigenvalue weighted by Gasteiger charge is -2.30. The van der Waals surface area contributed by atoms with Crippen LogP contribution in [0, 0.1) is 5.92 Å². The number of carbonyl (C=O) groups excluding carboxylic acids is 4. The number of nitrogens with two attached hydrogens (primary N) is 3. The summed E-state index contributed by atoms with van der Waals surface area (Å²) in [6, 6.07) is -3.81. The summed E-state index contributed by atoms with van der Waals surface area (Å²) in [7, 11) is 0. The van der Waals surface area contributed by atoms with Gasteiger partial charge in [-0.3, -0.25) is 19.2 Å². The first-order valence-electron chi connectivity index (χ1n) is 11.9. The fourth-order valence-corrected chi connectivity index (χ4v) is 3.90. The SMILES string of the molecule is CCC(C)C(NC(=O)C1CCCN1C(=O)C(N)CCCCN)C(=O)NC(CCC(N)=O)C(=O)O. The van der Waals surface area contributed by atoms with E-state index in [2.05, 4.69) is 10.6 Å². The monoisotopic (exact) mass is 484 g/mol. The summed E-state index contributed by atoms with van der Waals surface area (Å²) in [6.45, 7) is 4.51. The van der Waals surface area contributed by atoms with E-state index in [0.717, 1.165) is 6.42 Å². The molecule has 0 radical (unpaired) electrons. The molecular weight excluding hydrogens is 444 g/mol. The average molecular weight is 485 g/mol. The zero-order valence-electron chi connectivity index (χ0n) is 20.1. The second-order valence-electron chi connectivity index (χ2n) is 8.86. The third kappa shape index (κ3) is 8.90. The number of primary amides is 1. The van der Waals surface area contributed by atoms with E-state index in [1.54, 1.807) is 6.92 Å². The summed E-state index contributed by atoms with van der Waals surface area (Å²) in [5.74, 6) is -3.76. The van der Waals surface area contributed by atoms with Crippen molar-refractivity contribution in [3.63, 3.8) is 0 Å². The van der Waals surface area contributed by atoms with Crippen molar-refractivity contribution >= 4 is 29.6 Å². The van der Waals surface area contributed by atoms with E-state index in [9.17, 15) is 29.1 Å². The summed E-state index contributed by atoms with van der Waals surface area (Å²) in [4.78, 5) is 62.8. The van der Waals surface area contributed by atoms with Gasteiger partial charge >= 0.3 is 5.97 Å². The minimum atomic E-state index is -1.32. The maximum atomic E-state index is 13.1. The van der Waals surface area contributed by atoms with Gasteiger partial charge in [0, 0.05) is 13.0 Å². The Kier molecular flexibility index (Phi) is 12.5. The highest BCUT2D eigenvalue weighted by Crippen LogP contribution is 2.20. The second-order valence-corrected chi connectivity index (χ2v) is 8.86. The molecule has 1 aliphatic rings. The minimum absolute atomic E-state index is 0.162. The lowest BCUT2D eigenvalue weighted by molar-refractivity contribution is -0.143. The van der Waals surface area contributed by atoms with Crippen molar-refractivity contribution in [2.45, 2.75) is 89.4 Å². The molecule has 34 heavy (non-hydrogen) atoms. The number of unbranched alkanes of at least 4 members (excludes halogenated alkanes) is 1. The Hall–Kier alpha value is -2.73. The van der Waals surface area contributed by atoms with Crippen LogP contribution in [0.2, 0.25) is 0 Å². The number of likely N-dealkylation sites (tertiary alicyclic amines) is 1. The lowest BCUT2D eigenvalue weighted by atomic mass is 9.97. The molecule has 0 spiro atoms. The number of nitrogens with one attached hydrogen (secondary N) is 2. The number of hydrogen-bond acceptors (Lipinski definition) is 7. The molecule has 12 nitrogen and oxygen atoms in total. The van der Waals surface area contributed by atoms with Crippen LogP contribution in [-0.2, 0) is 24.0 Å². The molecule has 0 aromatic rings. The summed E-state index contributed by atoms with van der Waals surface area (Å²) < 4.78 is 0. The van der Waals surface area contributed by atoms with Crippen molar-refractivity contribution < 1.29 is 29.1 Å². The van der Waals surface area contributed by atoms with E-state index in [-0.39, 0.29) is 24.7 Å². The smallest absolute Gasteiger partial charge is 0.326 e. The number of carboxylic acid groups (broad SMARTS) is 1. The topological polar surface area (TPSA) is 211 Å². The van der Waals surface area contributed by atoms with Gasteiger partial charge in [0.05, 0.1) is 6.04 Å². The Bertz CT molecular complexity index is 733. The number of carbonyl (C=O) groups is 5. The van der Waals surface area contributed by atoms with E-state index in [4.69, 9.17) is 17.2 Å². The third-order valence-electron chi connectivity index (χ3n) is 6.21. The fraction of sp³-hybridized carbons (Fsp3) is 0.773. The van der Waals surface area contributed by atoms with E-state index in [1.807, 2.05) is 6.92 Å². The molecule has 0 aromatic carbocycles. The molecular formula is C22H40N6O6. The molecule has 12 heteroatoms. The minimum Gasteiger partial charge on any atom is -0.480 e. The average Bonchev–Trinajstić information content (AvgIpc) is 3.28. The molecule has 1 fully saturated rings. The van der Waals surface area contributed by atoms with Crippen LogP contribution in [0.15, 0.2) is 0 Å². The number of carboxylic acids is 1. The Morgan fingerprint density at radius 1 is 1.12 bits per heavy atom. The number of rotatable bonds is 15. The quantitative estimate of drug-likeness (QED) is 0.155. The highest BCUT2D eigenvalue weighted by molar-refractivity contribution is 5.94. The Labute approximate surface area is 200 Å². The van der Waals surface area contributed by atoms with Crippen molar-refractivity contribution in [3.8, 4) is 0 Å². The first kappa shape index (κ1) is 29.3. The van der Waals surface area contributed by atoms with Gasteiger partial charge in [0.1, 0.15) is 18.1 Å². The standard InChI is InChI=1S/C22H40N6O6/c1-3-13(2)18(20(31)26-15(22(33)34)9-10-17(25)29)27-19(30)16-8-6-12-28(16)21(32)14(24)7-4-5-11-23/h13-16,18H,3-12,23-24H2,1-2H3,(H2,25,29)(H,26,31)(H,27,30)(H,33,34). The molecule has 1 rings (SSSR count). The molecule has 194 valence electrons. The van der Waals surface area contributed by atoms with Crippen LogP contribution in [0.25, 0.3) is 0 Å². The molecule has 4 amide bonds. The summed E-state index contributed by atoms with van der Waals surface area (Å²) in [5.41, 5.74) is 16.6. The van der Waals surface area contributed by atoms with Crippen LogP contribution in [-0.4, -0.2) is 76.9 Å². The molecule has 0 aliphatic carbocycles. The van der Waals surface area contributed by atoms with E-state index >= 15 is 0 Å². The fourth-order valence-electron chi connectivity index (χ4n) is 3.90. The first-order valence-corrected chi connectivity index (χ1v) is 11.9. The van der Waals surface area contributed by atoms with Gasteiger partial charge in [-0.2, -0.15) is 0 Å². The number of amides is 4. The molecule has 0 aromatic heterocycles. The van der Waals surface area contributed by atoms with Gasteiger partial charge in [-0.15, -0.1) is 0 Å². The van der Waals surface area contributed by atoms with Crippen LogP contribution in [0.1, 0.15) is 65.2 Å². The highest BCUT2D eigenvalue weighted by atomic mass is 16.4. The van der Waals surface area contributed by atoms with Crippen LogP contribution >= 0.6 is 0 Å². The molecule has 5 atom stereocenters. The normalized spacial score (nSPS) is 19.1. The predicted octanol–water partition coefficient (Wildman–Crippen LogP) is -1.20. The van der Waals surface area contributed by atoms with E-state index in [1.165, 1.54) is 4.90 Å². The molecule has 0 saturated carbocycles. The first-order chi connectivity index (χ1) is 16.0. The van der Waals surface area contributed by atoms with Gasteiger partial charge in [-0.05, 0) is 44.6 Å². The summed E-state index contributed by atoms with van der Waals surface area (Å²) in [5, 5.41) is 14.5. The van der Waals surface area contributed by atoms with Gasteiger partial charge in [0.2, 0.25) is 23.6 Å². The Balaban J connectivity index is 2.89. The van der Waals surface area contributed by atoms with E-state index in [0.29, 0.717) is 45.2 Å². The van der Waals surface area contributed by atoms with Gasteiger partial charge in [-0.25, -0.2) is 4.79 Å². The van der Waals surface area contributed by atoms with Crippen LogP contribution < -0.4 is 27.8 Å². The number of nitrogens with zero attached hydrogens (tertiary/aromatic N) is 1. The maximum Gasteiger partial charge on any atom is 0.326 e. The molecule has 1 saturated heterocycles. The lowest BCUT2D eigenvalue weighted by Crippen LogP contribution is -2.58. The van der Waals surface area contributed by atoms with Gasteiger partial charge in [-0.1, -0.05) is 26.7 Å². The predicted molar refractivity (Wildman–Crippen MR) is 125 cm³/mol. The number of aliphatic carboxylic acids is 1. The van der Waals surface area contributed by atoms with Gasteiger partial charge in [0.15, 0.2) is 0 Å². The van der Waals surface area contributed by atoms with Crippen molar-refractivity contribution in [1.82, 2.24) is 15.5 Å². The van der Waals surface area contributed by atoms with Crippen molar-refractivity contribution in [1.29, 1.82) is 0 Å². The summed E-state index contributed by atoms with van der Waals surface area (Å²) >= 11 is 0. The van der Waals surface area contributed by atoms with Crippen LogP contribution in [0.5, 0.6) is 0 Å². The van der Waals surface area contributed by atoms with Gasteiger partial charge < -0.3 is 37.8 Å². The van der Waals surface area contributed by atoms with Crippen LogP contribution in [0.4, 0.5) is 0 Å². The van der Waals surface area contributed by atoms with Gasteiger partial charge in [0.25, 0.3) is 0 Å². The van der Waals surface area contributed by atoms with Crippen molar-refractivity contribution in [3.05, 3.63) is 0 Å². The zero-order valence-corrected chi connectivity index (χ0v) is 20.1. The molecule has 1 heterocycles. The van der Waals surface area contributed by atoms with Crippen molar-refractivity contribution in [2.75, 3.05) is 13.1 Å². The number of hydrogen-bond donors (Lipinski definition) is 6. The zero-order chi connectivity index (χ0) is 25.8.